The lowest BCUT2D eigenvalue weighted by Gasteiger charge is -2.18. The Kier molecular flexibility index (Phi) is 4.31. The lowest BCUT2D eigenvalue weighted by atomic mass is 10.1. The Morgan fingerprint density at radius 1 is 1.19 bits per heavy atom. The Bertz CT molecular complexity index is 1070. The van der Waals surface area contributed by atoms with Crippen molar-refractivity contribution < 1.29 is 9.21 Å². The number of thiophene rings is 1. The van der Waals surface area contributed by atoms with E-state index >= 15 is 0 Å². The maximum atomic E-state index is 13.2. The minimum Gasteiger partial charge on any atom is -0.463 e. The summed E-state index contributed by atoms with van der Waals surface area (Å²) in [4.78, 5) is 20.8. The van der Waals surface area contributed by atoms with E-state index in [1.54, 1.807) is 22.5 Å². The minimum atomic E-state index is -0.0239. The summed E-state index contributed by atoms with van der Waals surface area (Å²) in [5, 5.41) is 2.90. The van der Waals surface area contributed by atoms with E-state index in [0.717, 1.165) is 10.9 Å². The zero-order chi connectivity index (χ0) is 18.1. The molecule has 4 nitrogen and oxygen atoms in total. The van der Waals surface area contributed by atoms with E-state index in [-0.39, 0.29) is 5.91 Å². The standard InChI is InChI=1S/C21H18N2O2S/c1-14-9-11-26-20(14)13-23(2)21(24)16-12-18(19-8-5-10-25-19)22-17-7-4-3-6-15(16)17/h3-12H,13H2,1-2H3. The van der Waals surface area contributed by atoms with E-state index in [2.05, 4.69) is 23.4 Å². The molecule has 3 heterocycles. The van der Waals surface area contributed by atoms with Crippen molar-refractivity contribution in [2.24, 2.45) is 0 Å². The minimum absolute atomic E-state index is 0.0239. The number of carbonyl (C=O) groups excluding carboxylic acids is 1. The van der Waals surface area contributed by atoms with Gasteiger partial charge in [-0.05, 0) is 48.2 Å². The fraction of sp³-hybridized carbons (Fsp3) is 0.143. The van der Waals surface area contributed by atoms with Crippen LogP contribution in [-0.2, 0) is 6.54 Å². The molecule has 5 heteroatoms. The van der Waals surface area contributed by atoms with Crippen LogP contribution in [0.4, 0.5) is 0 Å². The second kappa shape index (κ2) is 6.77. The maximum Gasteiger partial charge on any atom is 0.254 e. The average molecular weight is 362 g/mol. The van der Waals surface area contributed by atoms with Crippen LogP contribution in [0.25, 0.3) is 22.4 Å². The number of carbonyl (C=O) groups is 1. The van der Waals surface area contributed by atoms with Gasteiger partial charge in [0.2, 0.25) is 0 Å². The van der Waals surface area contributed by atoms with Crippen LogP contribution < -0.4 is 0 Å². The van der Waals surface area contributed by atoms with Gasteiger partial charge in [0.15, 0.2) is 5.76 Å². The number of para-hydroxylation sites is 1. The lowest BCUT2D eigenvalue weighted by Crippen LogP contribution is -2.26. The molecule has 1 aromatic carbocycles. The smallest absolute Gasteiger partial charge is 0.254 e. The predicted octanol–water partition coefficient (Wildman–Crippen LogP) is 5.14. The number of furan rings is 1. The number of benzene rings is 1. The van der Waals surface area contributed by atoms with Crippen LogP contribution in [0.3, 0.4) is 0 Å². The molecule has 0 spiro atoms. The fourth-order valence-corrected chi connectivity index (χ4v) is 3.92. The number of hydrogen-bond donors (Lipinski definition) is 0. The molecule has 4 aromatic rings. The van der Waals surface area contributed by atoms with Crippen LogP contribution in [-0.4, -0.2) is 22.8 Å². The molecule has 0 atom stereocenters. The second-order valence-corrected chi connectivity index (χ2v) is 7.24. The van der Waals surface area contributed by atoms with Gasteiger partial charge in [-0.2, -0.15) is 0 Å². The molecule has 130 valence electrons. The zero-order valence-electron chi connectivity index (χ0n) is 14.6. The highest BCUT2D eigenvalue weighted by Gasteiger charge is 2.19. The molecule has 4 rings (SSSR count). The molecular formula is C21H18N2O2S. The number of nitrogens with zero attached hydrogens (tertiary/aromatic N) is 2. The normalized spacial score (nSPS) is 11.0. The van der Waals surface area contributed by atoms with Gasteiger partial charge in [0.25, 0.3) is 5.91 Å². The van der Waals surface area contributed by atoms with Crippen LogP contribution in [0.15, 0.2) is 64.6 Å². The number of aromatic nitrogens is 1. The molecule has 0 aliphatic carbocycles. The van der Waals surface area contributed by atoms with E-state index in [0.29, 0.717) is 23.6 Å². The Morgan fingerprint density at radius 2 is 2.04 bits per heavy atom. The van der Waals surface area contributed by atoms with Gasteiger partial charge in [0.05, 0.1) is 23.9 Å². The number of rotatable bonds is 4. The summed E-state index contributed by atoms with van der Waals surface area (Å²) >= 11 is 1.67. The topological polar surface area (TPSA) is 46.3 Å². The Labute approximate surface area is 155 Å². The quantitative estimate of drug-likeness (QED) is 0.505. The highest BCUT2D eigenvalue weighted by atomic mass is 32.1. The van der Waals surface area contributed by atoms with Crippen LogP contribution in [0, 0.1) is 6.92 Å². The molecule has 0 radical (unpaired) electrons. The second-order valence-electron chi connectivity index (χ2n) is 6.24. The number of pyridine rings is 1. The van der Waals surface area contributed by atoms with Crippen LogP contribution in [0.1, 0.15) is 20.8 Å². The summed E-state index contributed by atoms with van der Waals surface area (Å²) in [6.45, 7) is 2.66. The van der Waals surface area contributed by atoms with Crippen molar-refractivity contribution >= 4 is 28.1 Å². The fourth-order valence-electron chi connectivity index (χ4n) is 2.96. The molecule has 0 bridgehead atoms. The first-order chi connectivity index (χ1) is 12.6. The van der Waals surface area contributed by atoms with Crippen molar-refractivity contribution in [2.75, 3.05) is 7.05 Å². The summed E-state index contributed by atoms with van der Waals surface area (Å²) in [6.07, 6.45) is 1.61. The predicted molar refractivity (Wildman–Crippen MR) is 104 cm³/mol. The van der Waals surface area contributed by atoms with Gasteiger partial charge < -0.3 is 9.32 Å². The molecule has 3 aromatic heterocycles. The lowest BCUT2D eigenvalue weighted by molar-refractivity contribution is 0.0788. The monoisotopic (exact) mass is 362 g/mol. The van der Waals surface area contributed by atoms with Gasteiger partial charge in [0.1, 0.15) is 5.69 Å². The molecular weight excluding hydrogens is 344 g/mol. The van der Waals surface area contributed by atoms with Crippen molar-refractivity contribution in [1.29, 1.82) is 0 Å². The van der Waals surface area contributed by atoms with Crippen molar-refractivity contribution in [3.05, 3.63) is 76.2 Å². The van der Waals surface area contributed by atoms with E-state index in [1.807, 2.05) is 49.5 Å². The average Bonchev–Trinajstić information content (AvgIpc) is 3.32. The van der Waals surface area contributed by atoms with Crippen molar-refractivity contribution in [2.45, 2.75) is 13.5 Å². The van der Waals surface area contributed by atoms with E-state index < -0.39 is 0 Å². The van der Waals surface area contributed by atoms with Crippen LogP contribution in [0.2, 0.25) is 0 Å². The molecule has 0 saturated heterocycles. The number of aryl methyl sites for hydroxylation is 1. The summed E-state index contributed by atoms with van der Waals surface area (Å²) in [7, 11) is 1.84. The van der Waals surface area contributed by atoms with Gasteiger partial charge in [-0.3, -0.25) is 4.79 Å². The van der Waals surface area contributed by atoms with E-state index in [1.165, 1.54) is 10.4 Å². The Hall–Kier alpha value is -2.92. The molecule has 0 aliphatic heterocycles. The van der Waals surface area contributed by atoms with Gasteiger partial charge in [-0.15, -0.1) is 11.3 Å². The molecule has 0 fully saturated rings. The molecule has 0 aliphatic rings. The molecule has 26 heavy (non-hydrogen) atoms. The number of hydrogen-bond acceptors (Lipinski definition) is 4. The van der Waals surface area contributed by atoms with E-state index in [9.17, 15) is 4.79 Å². The largest absolute Gasteiger partial charge is 0.463 e. The molecule has 1 amide bonds. The first-order valence-electron chi connectivity index (χ1n) is 8.35. The highest BCUT2D eigenvalue weighted by Crippen LogP contribution is 2.27. The third-order valence-electron chi connectivity index (χ3n) is 4.42. The van der Waals surface area contributed by atoms with Gasteiger partial charge in [-0.25, -0.2) is 4.98 Å². The third kappa shape index (κ3) is 3.02. The zero-order valence-corrected chi connectivity index (χ0v) is 15.4. The first-order valence-corrected chi connectivity index (χ1v) is 9.23. The first kappa shape index (κ1) is 16.5. The SMILES string of the molecule is Cc1ccsc1CN(C)C(=O)c1cc(-c2ccco2)nc2ccccc12. The summed E-state index contributed by atoms with van der Waals surface area (Å²) < 4.78 is 5.48. The highest BCUT2D eigenvalue weighted by molar-refractivity contribution is 7.10. The summed E-state index contributed by atoms with van der Waals surface area (Å²) in [5.74, 6) is 0.630. The number of fused-ring (bicyclic) bond motifs is 1. The molecule has 0 N–H and O–H groups in total. The molecule has 0 saturated carbocycles. The van der Waals surface area contributed by atoms with Gasteiger partial charge in [0, 0.05) is 17.3 Å². The molecule has 0 unspecified atom stereocenters. The summed E-state index contributed by atoms with van der Waals surface area (Å²) in [5.41, 5.74) is 3.30. The van der Waals surface area contributed by atoms with Gasteiger partial charge in [-0.1, -0.05) is 18.2 Å². The van der Waals surface area contributed by atoms with Crippen molar-refractivity contribution in [1.82, 2.24) is 9.88 Å². The van der Waals surface area contributed by atoms with E-state index in [4.69, 9.17) is 4.42 Å². The maximum absolute atomic E-state index is 13.2. The van der Waals surface area contributed by atoms with Crippen molar-refractivity contribution in [3.63, 3.8) is 0 Å². The third-order valence-corrected chi connectivity index (χ3v) is 5.42. The van der Waals surface area contributed by atoms with Crippen LogP contribution in [0.5, 0.6) is 0 Å². The Balaban J connectivity index is 1.76. The summed E-state index contributed by atoms with van der Waals surface area (Å²) in [6, 6.07) is 15.3. The van der Waals surface area contributed by atoms with Crippen LogP contribution >= 0.6 is 11.3 Å². The van der Waals surface area contributed by atoms with Gasteiger partial charge >= 0.3 is 0 Å². The number of amides is 1. The van der Waals surface area contributed by atoms with Crippen molar-refractivity contribution in [3.8, 4) is 11.5 Å². The Morgan fingerprint density at radius 3 is 2.77 bits per heavy atom.